The lowest BCUT2D eigenvalue weighted by Gasteiger charge is -2.10. The van der Waals surface area contributed by atoms with E-state index in [2.05, 4.69) is 21.0 Å². The van der Waals surface area contributed by atoms with Gasteiger partial charge in [0.15, 0.2) is 12.3 Å². The number of hydrogen-bond acceptors (Lipinski definition) is 4. The van der Waals surface area contributed by atoms with Gasteiger partial charge in [0.25, 0.3) is 11.8 Å². The Balaban J connectivity index is 1.82. The van der Waals surface area contributed by atoms with Gasteiger partial charge in [0.2, 0.25) is 0 Å². The normalized spacial score (nSPS) is 10.3. The molecule has 122 valence electrons. The first-order valence-electron chi connectivity index (χ1n) is 6.87. The summed E-state index contributed by atoms with van der Waals surface area (Å²) >= 11 is 6.07. The molecule has 1 aromatic carbocycles. The average molecular weight is 337 g/mol. The molecule has 0 saturated carbocycles. The number of halogens is 1. The number of hydrogen-bond donors (Lipinski definition) is 3. The standard InChI is InChI=1S/C15H17ClN4O3/c1-8-4-11(5-9(2)14(8)16)23-7-13(21)19-20-15(22)12-6-10(3)17-18-12/h4-6H,7H2,1-3H3,(H,17,18)(H,19,21)(H,20,22). The zero-order chi connectivity index (χ0) is 17.0. The van der Waals surface area contributed by atoms with Gasteiger partial charge in [-0.3, -0.25) is 25.5 Å². The van der Waals surface area contributed by atoms with Crippen LogP contribution in [0, 0.1) is 20.8 Å². The first-order chi connectivity index (χ1) is 10.9. The number of nitrogens with zero attached hydrogens (tertiary/aromatic N) is 1. The summed E-state index contributed by atoms with van der Waals surface area (Å²) in [5.74, 6) is -0.467. The van der Waals surface area contributed by atoms with Crippen LogP contribution in [0.3, 0.4) is 0 Å². The molecule has 2 rings (SSSR count). The van der Waals surface area contributed by atoms with Gasteiger partial charge in [-0.05, 0) is 50.1 Å². The van der Waals surface area contributed by atoms with Crippen LogP contribution in [0.4, 0.5) is 0 Å². The number of carbonyl (C=O) groups excluding carboxylic acids is 2. The molecule has 0 aliphatic heterocycles. The van der Waals surface area contributed by atoms with Crippen LogP contribution in [0.5, 0.6) is 5.75 Å². The van der Waals surface area contributed by atoms with Crippen molar-refractivity contribution in [2.24, 2.45) is 0 Å². The van der Waals surface area contributed by atoms with E-state index in [0.29, 0.717) is 10.8 Å². The van der Waals surface area contributed by atoms with E-state index in [1.807, 2.05) is 13.8 Å². The summed E-state index contributed by atoms with van der Waals surface area (Å²) in [5.41, 5.74) is 7.18. The van der Waals surface area contributed by atoms with Gasteiger partial charge in [0.1, 0.15) is 5.75 Å². The number of aromatic nitrogens is 2. The lowest BCUT2D eigenvalue weighted by molar-refractivity contribution is -0.123. The van der Waals surface area contributed by atoms with Crippen molar-refractivity contribution >= 4 is 23.4 Å². The number of rotatable bonds is 4. The van der Waals surface area contributed by atoms with Crippen molar-refractivity contribution in [2.45, 2.75) is 20.8 Å². The summed E-state index contributed by atoms with van der Waals surface area (Å²) in [4.78, 5) is 23.4. The Kier molecular flexibility index (Phi) is 5.23. The maximum Gasteiger partial charge on any atom is 0.290 e. The minimum absolute atomic E-state index is 0.188. The van der Waals surface area contributed by atoms with Crippen molar-refractivity contribution in [1.82, 2.24) is 21.0 Å². The van der Waals surface area contributed by atoms with Crippen molar-refractivity contribution in [3.63, 3.8) is 0 Å². The maximum atomic E-state index is 11.7. The van der Waals surface area contributed by atoms with E-state index < -0.39 is 11.8 Å². The second kappa shape index (κ2) is 7.15. The Labute approximate surface area is 138 Å². The molecule has 2 aromatic rings. The third kappa shape index (κ3) is 4.46. The van der Waals surface area contributed by atoms with Crippen LogP contribution in [-0.4, -0.2) is 28.6 Å². The fourth-order valence-electron chi connectivity index (χ4n) is 1.90. The summed E-state index contributed by atoms with van der Waals surface area (Å²) in [5, 5.41) is 7.09. The van der Waals surface area contributed by atoms with Crippen molar-refractivity contribution in [3.8, 4) is 5.75 Å². The second-order valence-electron chi connectivity index (χ2n) is 5.10. The van der Waals surface area contributed by atoms with Crippen molar-refractivity contribution in [1.29, 1.82) is 0 Å². The first-order valence-corrected chi connectivity index (χ1v) is 7.25. The topological polar surface area (TPSA) is 96.1 Å². The monoisotopic (exact) mass is 336 g/mol. The minimum atomic E-state index is -0.513. The number of hydrazine groups is 1. The van der Waals surface area contributed by atoms with E-state index in [9.17, 15) is 9.59 Å². The third-order valence-corrected chi connectivity index (χ3v) is 3.63. The third-order valence-electron chi connectivity index (χ3n) is 3.03. The Bertz CT molecular complexity index is 719. The van der Waals surface area contributed by atoms with Gasteiger partial charge < -0.3 is 4.74 Å². The molecule has 7 nitrogen and oxygen atoms in total. The molecule has 2 amide bonds. The number of nitrogens with one attached hydrogen (secondary N) is 3. The van der Waals surface area contributed by atoms with E-state index in [1.54, 1.807) is 25.1 Å². The zero-order valence-corrected chi connectivity index (χ0v) is 13.7. The SMILES string of the molecule is Cc1cc(C(=O)NNC(=O)COc2cc(C)c(Cl)c(C)c2)n[nH]1. The summed E-state index contributed by atoms with van der Waals surface area (Å²) in [6.45, 7) is 5.25. The molecular formula is C15H17ClN4O3. The molecular weight excluding hydrogens is 320 g/mol. The number of benzene rings is 1. The molecule has 0 aliphatic rings. The Morgan fingerprint density at radius 3 is 2.39 bits per heavy atom. The molecule has 23 heavy (non-hydrogen) atoms. The van der Waals surface area contributed by atoms with Crippen LogP contribution in [0.1, 0.15) is 27.3 Å². The predicted octanol–water partition coefficient (Wildman–Crippen LogP) is 1.83. The molecule has 1 heterocycles. The van der Waals surface area contributed by atoms with Gasteiger partial charge >= 0.3 is 0 Å². The second-order valence-corrected chi connectivity index (χ2v) is 5.48. The maximum absolute atomic E-state index is 11.7. The highest BCUT2D eigenvalue weighted by molar-refractivity contribution is 6.32. The summed E-state index contributed by atoms with van der Waals surface area (Å²) in [6.07, 6.45) is 0. The fourth-order valence-corrected chi connectivity index (χ4v) is 2.01. The molecule has 0 unspecified atom stereocenters. The largest absolute Gasteiger partial charge is 0.484 e. The van der Waals surface area contributed by atoms with E-state index in [1.165, 1.54) is 0 Å². The van der Waals surface area contributed by atoms with Crippen LogP contribution in [0.25, 0.3) is 0 Å². The predicted molar refractivity (Wildman–Crippen MR) is 85.4 cm³/mol. The van der Waals surface area contributed by atoms with Crippen LogP contribution < -0.4 is 15.6 Å². The molecule has 0 fully saturated rings. The van der Waals surface area contributed by atoms with E-state index >= 15 is 0 Å². The lowest BCUT2D eigenvalue weighted by Crippen LogP contribution is -2.44. The van der Waals surface area contributed by atoms with Crippen LogP contribution in [-0.2, 0) is 4.79 Å². The van der Waals surface area contributed by atoms with Gasteiger partial charge in [-0.15, -0.1) is 0 Å². The van der Waals surface area contributed by atoms with E-state index in [-0.39, 0.29) is 12.3 Å². The fraction of sp³-hybridized carbons (Fsp3) is 0.267. The van der Waals surface area contributed by atoms with Crippen LogP contribution in [0.15, 0.2) is 18.2 Å². The Hall–Kier alpha value is -2.54. The van der Waals surface area contributed by atoms with E-state index in [4.69, 9.17) is 16.3 Å². The van der Waals surface area contributed by atoms with Crippen molar-refractivity contribution < 1.29 is 14.3 Å². The minimum Gasteiger partial charge on any atom is -0.484 e. The highest BCUT2D eigenvalue weighted by Gasteiger charge is 2.11. The molecule has 0 aliphatic carbocycles. The van der Waals surface area contributed by atoms with Gasteiger partial charge in [-0.25, -0.2) is 0 Å². The molecule has 0 radical (unpaired) electrons. The van der Waals surface area contributed by atoms with Gasteiger partial charge in [-0.1, -0.05) is 11.6 Å². The smallest absolute Gasteiger partial charge is 0.290 e. The molecule has 0 bridgehead atoms. The molecule has 0 spiro atoms. The molecule has 0 saturated heterocycles. The highest BCUT2D eigenvalue weighted by atomic mass is 35.5. The quantitative estimate of drug-likeness (QED) is 0.742. The van der Waals surface area contributed by atoms with Gasteiger partial charge in [-0.2, -0.15) is 5.10 Å². The average Bonchev–Trinajstić information content (AvgIpc) is 2.94. The summed E-state index contributed by atoms with van der Waals surface area (Å²) < 4.78 is 5.38. The molecule has 8 heteroatoms. The summed E-state index contributed by atoms with van der Waals surface area (Å²) in [7, 11) is 0. The Morgan fingerprint density at radius 1 is 1.17 bits per heavy atom. The van der Waals surface area contributed by atoms with Gasteiger partial charge in [0.05, 0.1) is 0 Å². The number of carbonyl (C=O) groups is 2. The summed E-state index contributed by atoms with van der Waals surface area (Å²) in [6, 6.07) is 5.05. The Morgan fingerprint density at radius 2 is 1.83 bits per heavy atom. The first kappa shape index (κ1) is 16.8. The van der Waals surface area contributed by atoms with Crippen LogP contribution >= 0.6 is 11.6 Å². The molecule has 3 N–H and O–H groups in total. The highest BCUT2D eigenvalue weighted by Crippen LogP contribution is 2.25. The number of aromatic amines is 1. The van der Waals surface area contributed by atoms with Crippen LogP contribution in [0.2, 0.25) is 5.02 Å². The number of aryl methyl sites for hydroxylation is 3. The number of ether oxygens (including phenoxy) is 1. The van der Waals surface area contributed by atoms with E-state index in [0.717, 1.165) is 16.8 Å². The van der Waals surface area contributed by atoms with Crippen molar-refractivity contribution in [3.05, 3.63) is 45.7 Å². The molecule has 1 aromatic heterocycles. The number of H-pyrrole nitrogens is 1. The zero-order valence-electron chi connectivity index (χ0n) is 13.0. The number of amides is 2. The van der Waals surface area contributed by atoms with Gasteiger partial charge in [0, 0.05) is 10.7 Å². The lowest BCUT2D eigenvalue weighted by atomic mass is 10.1. The molecule has 0 atom stereocenters. The van der Waals surface area contributed by atoms with Crippen molar-refractivity contribution in [2.75, 3.05) is 6.61 Å².